The lowest BCUT2D eigenvalue weighted by Gasteiger charge is -2.32. The Morgan fingerprint density at radius 3 is 2.79 bits per heavy atom. The first-order valence-electron chi connectivity index (χ1n) is 6.81. The number of rotatable bonds is 3. The molecule has 2 heterocycles. The molecule has 0 N–H and O–H groups in total. The average molecular weight is 276 g/mol. The molecule has 0 radical (unpaired) electrons. The van der Waals surface area contributed by atoms with Crippen LogP contribution in [0.4, 0.5) is 0 Å². The summed E-state index contributed by atoms with van der Waals surface area (Å²) in [5, 5.41) is 0.812. The van der Waals surface area contributed by atoms with Crippen LogP contribution < -0.4 is 0 Å². The van der Waals surface area contributed by atoms with E-state index in [1.54, 1.807) is 6.26 Å². The second-order valence-corrected chi connectivity index (χ2v) is 5.64. The van der Waals surface area contributed by atoms with Crippen molar-refractivity contribution < 1.29 is 4.42 Å². The maximum Gasteiger partial charge on any atom is 0.117 e. The first kappa shape index (κ1) is 12.8. The Balaban J connectivity index is 1.66. The maximum absolute atomic E-state index is 5.95. The zero-order valence-electron chi connectivity index (χ0n) is 10.9. The normalized spacial score (nSPS) is 20.6. The van der Waals surface area contributed by atoms with Crippen LogP contribution in [0.15, 0.2) is 47.1 Å². The van der Waals surface area contributed by atoms with E-state index in [0.717, 1.165) is 30.4 Å². The Bertz CT molecular complexity index is 506. The van der Waals surface area contributed by atoms with E-state index in [1.807, 2.05) is 24.3 Å². The molecule has 2 nitrogen and oxygen atoms in total. The van der Waals surface area contributed by atoms with Gasteiger partial charge in [-0.15, -0.1) is 0 Å². The van der Waals surface area contributed by atoms with Crippen molar-refractivity contribution in [1.29, 1.82) is 0 Å². The van der Waals surface area contributed by atoms with Gasteiger partial charge in [-0.1, -0.05) is 23.7 Å². The van der Waals surface area contributed by atoms with Crippen LogP contribution in [0.3, 0.4) is 0 Å². The van der Waals surface area contributed by atoms with Gasteiger partial charge in [0.05, 0.1) is 12.8 Å². The van der Waals surface area contributed by atoms with E-state index in [1.165, 1.54) is 18.4 Å². The van der Waals surface area contributed by atoms with Crippen molar-refractivity contribution in [2.75, 3.05) is 13.1 Å². The molecule has 3 rings (SSSR count). The number of piperidine rings is 1. The van der Waals surface area contributed by atoms with E-state index in [9.17, 15) is 0 Å². The fourth-order valence-corrected chi connectivity index (χ4v) is 2.96. The van der Waals surface area contributed by atoms with Crippen LogP contribution in [0, 0.1) is 0 Å². The highest BCUT2D eigenvalue weighted by Crippen LogP contribution is 2.28. The van der Waals surface area contributed by atoms with Gasteiger partial charge in [-0.2, -0.15) is 0 Å². The smallest absolute Gasteiger partial charge is 0.117 e. The molecule has 0 saturated carbocycles. The van der Waals surface area contributed by atoms with Gasteiger partial charge in [0.15, 0.2) is 0 Å². The first-order valence-corrected chi connectivity index (χ1v) is 7.19. The van der Waals surface area contributed by atoms with E-state index in [-0.39, 0.29) is 0 Å². The van der Waals surface area contributed by atoms with Crippen LogP contribution in [-0.4, -0.2) is 18.0 Å². The van der Waals surface area contributed by atoms with Crippen LogP contribution >= 0.6 is 11.6 Å². The number of halogens is 1. The Morgan fingerprint density at radius 1 is 1.21 bits per heavy atom. The van der Waals surface area contributed by atoms with Gasteiger partial charge < -0.3 is 4.42 Å². The summed E-state index contributed by atoms with van der Waals surface area (Å²) in [6.45, 7) is 3.17. The van der Waals surface area contributed by atoms with Crippen molar-refractivity contribution in [2.24, 2.45) is 0 Å². The van der Waals surface area contributed by atoms with Crippen LogP contribution in [0.5, 0.6) is 0 Å². The van der Waals surface area contributed by atoms with Crippen LogP contribution in [0.25, 0.3) is 0 Å². The molecule has 1 aromatic carbocycles. The topological polar surface area (TPSA) is 16.4 Å². The second-order valence-electron chi connectivity index (χ2n) is 5.21. The molecule has 1 aliphatic rings. The molecule has 0 unspecified atom stereocenters. The standard InChI is InChI=1S/C16H18ClNO/c17-15-7-5-13(6-8-15)14-3-1-9-18(11-14)12-16-4-2-10-19-16/h2,4-8,10,14H,1,3,9,11-12H2/t14-/m0/s1. The van der Waals surface area contributed by atoms with Gasteiger partial charge >= 0.3 is 0 Å². The third-order valence-corrected chi connectivity index (χ3v) is 4.06. The van der Waals surface area contributed by atoms with E-state index in [4.69, 9.17) is 16.0 Å². The Kier molecular flexibility index (Phi) is 3.90. The van der Waals surface area contributed by atoms with Gasteiger partial charge in [0, 0.05) is 11.6 Å². The Labute approximate surface area is 119 Å². The predicted molar refractivity (Wildman–Crippen MR) is 77.4 cm³/mol. The monoisotopic (exact) mass is 275 g/mol. The minimum Gasteiger partial charge on any atom is -0.468 e. The van der Waals surface area contributed by atoms with Gasteiger partial charge in [0.2, 0.25) is 0 Å². The minimum atomic E-state index is 0.612. The number of benzene rings is 1. The molecule has 0 amide bonds. The molecule has 0 spiro atoms. The molecular formula is C16H18ClNO. The van der Waals surface area contributed by atoms with E-state index in [2.05, 4.69) is 17.0 Å². The minimum absolute atomic E-state index is 0.612. The number of nitrogens with zero attached hydrogens (tertiary/aromatic N) is 1. The zero-order valence-corrected chi connectivity index (χ0v) is 11.6. The molecular weight excluding hydrogens is 258 g/mol. The van der Waals surface area contributed by atoms with Gasteiger partial charge in [-0.05, 0) is 55.1 Å². The summed E-state index contributed by atoms with van der Waals surface area (Å²) >= 11 is 5.95. The van der Waals surface area contributed by atoms with Crippen molar-refractivity contribution in [2.45, 2.75) is 25.3 Å². The molecule has 2 aromatic rings. The lowest BCUT2D eigenvalue weighted by atomic mass is 9.90. The Hall–Kier alpha value is -1.25. The summed E-state index contributed by atoms with van der Waals surface area (Å²) in [5.74, 6) is 1.66. The lowest BCUT2D eigenvalue weighted by Crippen LogP contribution is -2.33. The molecule has 1 atom stereocenters. The van der Waals surface area contributed by atoms with Gasteiger partial charge in [-0.25, -0.2) is 0 Å². The molecule has 1 aliphatic heterocycles. The highest BCUT2D eigenvalue weighted by Gasteiger charge is 2.21. The van der Waals surface area contributed by atoms with Crippen LogP contribution in [-0.2, 0) is 6.54 Å². The first-order chi connectivity index (χ1) is 9.31. The van der Waals surface area contributed by atoms with E-state index < -0.39 is 0 Å². The summed E-state index contributed by atoms with van der Waals surface area (Å²) < 4.78 is 5.43. The summed E-state index contributed by atoms with van der Waals surface area (Å²) in [7, 11) is 0. The summed E-state index contributed by atoms with van der Waals surface area (Å²) in [4.78, 5) is 2.47. The highest BCUT2D eigenvalue weighted by atomic mass is 35.5. The fraction of sp³-hybridized carbons (Fsp3) is 0.375. The van der Waals surface area contributed by atoms with E-state index >= 15 is 0 Å². The molecule has 1 saturated heterocycles. The van der Waals surface area contributed by atoms with Gasteiger partial charge in [0.1, 0.15) is 5.76 Å². The molecule has 0 bridgehead atoms. The third-order valence-electron chi connectivity index (χ3n) is 3.81. The molecule has 1 fully saturated rings. The van der Waals surface area contributed by atoms with Crippen LogP contribution in [0.1, 0.15) is 30.1 Å². The predicted octanol–water partition coefficient (Wildman–Crippen LogP) is 4.31. The number of hydrogen-bond donors (Lipinski definition) is 0. The summed E-state index contributed by atoms with van der Waals surface area (Å²) in [5.41, 5.74) is 1.40. The molecule has 0 aliphatic carbocycles. The maximum atomic E-state index is 5.95. The molecule has 1 aromatic heterocycles. The van der Waals surface area contributed by atoms with Crippen molar-refractivity contribution in [3.05, 3.63) is 59.0 Å². The quantitative estimate of drug-likeness (QED) is 0.830. The fourth-order valence-electron chi connectivity index (χ4n) is 2.83. The van der Waals surface area contributed by atoms with Gasteiger partial charge in [-0.3, -0.25) is 4.90 Å². The lowest BCUT2D eigenvalue weighted by molar-refractivity contribution is 0.187. The summed E-state index contributed by atoms with van der Waals surface area (Å²) in [6.07, 6.45) is 4.25. The molecule has 3 heteroatoms. The highest BCUT2D eigenvalue weighted by molar-refractivity contribution is 6.30. The largest absolute Gasteiger partial charge is 0.468 e. The SMILES string of the molecule is Clc1ccc([C@H]2CCCN(Cc3ccco3)C2)cc1. The number of furan rings is 1. The number of likely N-dealkylation sites (tertiary alicyclic amines) is 1. The van der Waals surface area contributed by atoms with Crippen molar-refractivity contribution in [3.8, 4) is 0 Å². The van der Waals surface area contributed by atoms with E-state index in [0.29, 0.717) is 5.92 Å². The molecule has 100 valence electrons. The third kappa shape index (κ3) is 3.20. The zero-order chi connectivity index (χ0) is 13.1. The van der Waals surface area contributed by atoms with Crippen molar-refractivity contribution >= 4 is 11.6 Å². The van der Waals surface area contributed by atoms with Crippen LogP contribution in [0.2, 0.25) is 5.02 Å². The second kappa shape index (κ2) is 5.81. The average Bonchev–Trinajstić information content (AvgIpc) is 2.93. The Morgan fingerprint density at radius 2 is 2.05 bits per heavy atom. The summed E-state index contributed by atoms with van der Waals surface area (Å²) in [6, 6.07) is 12.3. The number of hydrogen-bond acceptors (Lipinski definition) is 2. The van der Waals surface area contributed by atoms with Crippen molar-refractivity contribution in [3.63, 3.8) is 0 Å². The molecule has 19 heavy (non-hydrogen) atoms. The van der Waals surface area contributed by atoms with Gasteiger partial charge in [0.25, 0.3) is 0 Å². The van der Waals surface area contributed by atoms with Crippen molar-refractivity contribution in [1.82, 2.24) is 4.90 Å².